The van der Waals surface area contributed by atoms with Gasteiger partial charge < -0.3 is 20.6 Å². The van der Waals surface area contributed by atoms with Gasteiger partial charge in [-0.05, 0) is 82.5 Å². The predicted octanol–water partition coefficient (Wildman–Crippen LogP) is 3.74. The first-order chi connectivity index (χ1) is 16.9. The zero-order valence-corrected chi connectivity index (χ0v) is 20.2. The molecule has 0 aliphatic heterocycles. The van der Waals surface area contributed by atoms with Crippen LogP contribution in [0.3, 0.4) is 0 Å². The minimum Gasteiger partial charge on any atom is -0.465 e. The maximum Gasteiger partial charge on any atom is 0.404 e. The third-order valence-electron chi connectivity index (χ3n) is 7.51. The van der Waals surface area contributed by atoms with Crippen LogP contribution in [0.1, 0.15) is 67.8 Å². The number of amides is 2. The summed E-state index contributed by atoms with van der Waals surface area (Å²) in [6, 6.07) is 11.3. The van der Waals surface area contributed by atoms with Gasteiger partial charge in [0.15, 0.2) is 0 Å². The molecule has 1 aromatic heterocycles. The van der Waals surface area contributed by atoms with Gasteiger partial charge in [-0.25, -0.2) is 9.59 Å². The Balaban J connectivity index is 1.24. The van der Waals surface area contributed by atoms with Crippen LogP contribution in [0.15, 0.2) is 47.4 Å². The molecule has 188 valence electrons. The van der Waals surface area contributed by atoms with Gasteiger partial charge in [0.05, 0.1) is 0 Å². The van der Waals surface area contributed by atoms with Crippen molar-refractivity contribution in [1.82, 2.24) is 19.8 Å². The van der Waals surface area contributed by atoms with Crippen molar-refractivity contribution in [2.24, 2.45) is 5.92 Å². The van der Waals surface area contributed by atoms with Crippen LogP contribution < -0.4 is 16.3 Å². The van der Waals surface area contributed by atoms with Gasteiger partial charge in [0, 0.05) is 36.4 Å². The summed E-state index contributed by atoms with van der Waals surface area (Å²) in [5, 5.41) is 14.2. The molecule has 2 fully saturated rings. The van der Waals surface area contributed by atoms with Crippen molar-refractivity contribution in [3.05, 3.63) is 58.6 Å². The summed E-state index contributed by atoms with van der Waals surface area (Å²) in [6.45, 7) is 1.03. The Morgan fingerprint density at radius 3 is 2.34 bits per heavy atom. The molecule has 0 saturated heterocycles. The zero-order valence-electron chi connectivity index (χ0n) is 20.2. The van der Waals surface area contributed by atoms with Gasteiger partial charge in [-0.3, -0.25) is 9.36 Å². The molecular formula is C26H35N5O4. The molecule has 9 nitrogen and oxygen atoms in total. The molecule has 0 atom stereocenters. The van der Waals surface area contributed by atoms with E-state index in [1.165, 1.54) is 0 Å². The highest BCUT2D eigenvalue weighted by Gasteiger charge is 2.28. The van der Waals surface area contributed by atoms with Gasteiger partial charge in [0.2, 0.25) is 0 Å². The molecule has 1 heterocycles. The van der Waals surface area contributed by atoms with Crippen LogP contribution in [0.2, 0.25) is 0 Å². The molecule has 2 saturated carbocycles. The van der Waals surface area contributed by atoms with Gasteiger partial charge >= 0.3 is 11.8 Å². The quantitative estimate of drug-likeness (QED) is 0.555. The second kappa shape index (κ2) is 11.5. The molecule has 0 unspecified atom stereocenters. The molecule has 9 heteroatoms. The fraction of sp³-hybridized carbons (Fsp3) is 0.538. The Morgan fingerprint density at radius 2 is 1.71 bits per heavy atom. The van der Waals surface area contributed by atoms with Crippen LogP contribution in [0, 0.1) is 5.92 Å². The average molecular weight is 482 g/mol. The molecule has 2 aliphatic rings. The second-order valence-corrected chi connectivity index (χ2v) is 9.89. The minimum absolute atomic E-state index is 0.0811. The van der Waals surface area contributed by atoms with E-state index < -0.39 is 6.09 Å². The molecule has 35 heavy (non-hydrogen) atoms. The van der Waals surface area contributed by atoms with E-state index in [1.807, 2.05) is 6.07 Å². The fourth-order valence-electron chi connectivity index (χ4n) is 5.54. The van der Waals surface area contributed by atoms with Gasteiger partial charge in [0.1, 0.15) is 5.82 Å². The number of nitrogens with zero attached hydrogens (tertiary/aromatic N) is 3. The van der Waals surface area contributed by atoms with Crippen molar-refractivity contribution >= 4 is 17.8 Å². The van der Waals surface area contributed by atoms with E-state index in [-0.39, 0.29) is 29.5 Å². The Kier molecular flexibility index (Phi) is 8.17. The number of anilines is 1. The third-order valence-corrected chi connectivity index (χ3v) is 7.51. The highest BCUT2D eigenvalue weighted by molar-refractivity contribution is 6.03. The van der Waals surface area contributed by atoms with Crippen LogP contribution in [-0.4, -0.2) is 57.2 Å². The smallest absolute Gasteiger partial charge is 0.404 e. The lowest BCUT2D eigenvalue weighted by Gasteiger charge is -2.38. The lowest BCUT2D eigenvalue weighted by atomic mass is 9.84. The minimum atomic E-state index is -0.931. The second-order valence-electron chi connectivity index (χ2n) is 9.89. The van der Waals surface area contributed by atoms with E-state index in [4.69, 9.17) is 5.11 Å². The topological polar surface area (TPSA) is 117 Å². The maximum absolute atomic E-state index is 12.7. The van der Waals surface area contributed by atoms with Gasteiger partial charge in [0.25, 0.3) is 5.91 Å². The molecule has 0 bridgehead atoms. The number of rotatable bonds is 7. The van der Waals surface area contributed by atoms with Crippen molar-refractivity contribution in [3.8, 4) is 0 Å². The normalized spacial score (nSPS) is 24.6. The first-order valence-corrected chi connectivity index (χ1v) is 12.5. The van der Waals surface area contributed by atoms with Crippen LogP contribution in [0.25, 0.3) is 0 Å². The average Bonchev–Trinajstić information content (AvgIpc) is 2.85. The summed E-state index contributed by atoms with van der Waals surface area (Å²) in [4.78, 5) is 42.4. The van der Waals surface area contributed by atoms with Crippen molar-refractivity contribution in [3.63, 3.8) is 0 Å². The molecule has 0 spiro atoms. The molecule has 2 aromatic rings. The predicted molar refractivity (Wildman–Crippen MR) is 134 cm³/mol. The largest absolute Gasteiger partial charge is 0.465 e. The highest BCUT2D eigenvalue weighted by atomic mass is 16.4. The van der Waals surface area contributed by atoms with E-state index in [1.54, 1.807) is 41.1 Å². The van der Waals surface area contributed by atoms with Crippen LogP contribution in [0.5, 0.6) is 0 Å². The summed E-state index contributed by atoms with van der Waals surface area (Å²) < 4.78 is 1.70. The standard InChI is InChI=1S/C26H35N5O4/c1-30(21-13-9-20(10-14-21)27-26(34)35)17-18-7-11-22(12-8-18)31-16-15-23(29-25(31)33)28-24(32)19-5-3-2-4-6-19/h2-6,15-16,18,20-22,27H,7-14,17H2,1H3,(H,34,35)(H,28,29,32,33). The van der Waals surface area contributed by atoms with Crippen molar-refractivity contribution in [1.29, 1.82) is 0 Å². The van der Waals surface area contributed by atoms with E-state index in [0.717, 1.165) is 57.9 Å². The van der Waals surface area contributed by atoms with Gasteiger partial charge in [-0.2, -0.15) is 4.98 Å². The van der Waals surface area contributed by atoms with E-state index >= 15 is 0 Å². The molecule has 4 rings (SSSR count). The van der Waals surface area contributed by atoms with E-state index in [0.29, 0.717) is 17.5 Å². The maximum atomic E-state index is 12.7. The molecule has 0 radical (unpaired) electrons. The fourth-order valence-corrected chi connectivity index (χ4v) is 5.54. The molecule has 1 aromatic carbocycles. The lowest BCUT2D eigenvalue weighted by Crippen LogP contribution is -2.44. The number of aromatic nitrogens is 2. The number of benzene rings is 1. The van der Waals surface area contributed by atoms with Crippen molar-refractivity contribution in [2.75, 3.05) is 18.9 Å². The van der Waals surface area contributed by atoms with Crippen molar-refractivity contribution < 1.29 is 14.7 Å². The Labute approximate surface area is 205 Å². The molecule has 2 amide bonds. The first-order valence-electron chi connectivity index (χ1n) is 12.5. The summed E-state index contributed by atoms with van der Waals surface area (Å²) in [5.41, 5.74) is 0.190. The summed E-state index contributed by atoms with van der Waals surface area (Å²) in [6.07, 6.45) is 8.63. The van der Waals surface area contributed by atoms with Crippen molar-refractivity contribution in [2.45, 2.75) is 69.5 Å². The van der Waals surface area contributed by atoms with Crippen LogP contribution in [-0.2, 0) is 0 Å². The Bertz CT molecular complexity index is 1060. The summed E-state index contributed by atoms with van der Waals surface area (Å²) >= 11 is 0. The van der Waals surface area contributed by atoms with Crippen LogP contribution in [0.4, 0.5) is 10.6 Å². The van der Waals surface area contributed by atoms with Gasteiger partial charge in [-0.1, -0.05) is 18.2 Å². The van der Waals surface area contributed by atoms with E-state index in [9.17, 15) is 14.4 Å². The molecular weight excluding hydrogens is 446 g/mol. The first kappa shape index (κ1) is 24.9. The monoisotopic (exact) mass is 481 g/mol. The molecule has 3 N–H and O–H groups in total. The van der Waals surface area contributed by atoms with Crippen LogP contribution >= 0.6 is 0 Å². The number of carboxylic acid groups (broad SMARTS) is 1. The van der Waals surface area contributed by atoms with Gasteiger partial charge in [-0.15, -0.1) is 0 Å². The molecule has 2 aliphatic carbocycles. The lowest BCUT2D eigenvalue weighted by molar-refractivity contribution is 0.102. The number of nitrogens with one attached hydrogen (secondary N) is 2. The summed E-state index contributed by atoms with van der Waals surface area (Å²) in [5.74, 6) is 0.578. The highest BCUT2D eigenvalue weighted by Crippen LogP contribution is 2.33. The Morgan fingerprint density at radius 1 is 1.03 bits per heavy atom. The summed E-state index contributed by atoms with van der Waals surface area (Å²) in [7, 11) is 2.18. The third kappa shape index (κ3) is 6.69. The number of carbonyl (C=O) groups is 2. The number of carbonyl (C=O) groups excluding carboxylic acids is 1. The SMILES string of the molecule is CN(CC1CCC(n2ccc(NC(=O)c3ccccc3)nc2=O)CC1)C1CCC(NC(=O)O)CC1. The Hall–Kier alpha value is -3.20. The number of hydrogen-bond acceptors (Lipinski definition) is 5. The number of hydrogen-bond donors (Lipinski definition) is 3. The van der Waals surface area contributed by atoms with E-state index in [2.05, 4.69) is 27.6 Å². The zero-order chi connectivity index (χ0) is 24.8.